The Morgan fingerprint density at radius 2 is 1.30 bits per heavy atom. The number of rotatable bonds is 13. The number of hydrogen-bond donors (Lipinski definition) is 0. The van der Waals surface area contributed by atoms with E-state index in [0.717, 1.165) is 23.0 Å². The van der Waals surface area contributed by atoms with Gasteiger partial charge in [-0.3, -0.25) is 4.90 Å². The van der Waals surface area contributed by atoms with Crippen LogP contribution in [0.1, 0.15) is 51.3 Å². The quantitative estimate of drug-likeness (QED) is 0.216. The highest BCUT2D eigenvalue weighted by molar-refractivity contribution is 5.70. The van der Waals surface area contributed by atoms with E-state index in [0.29, 0.717) is 0 Å². The summed E-state index contributed by atoms with van der Waals surface area (Å²) in [6, 6.07) is 28.4. The average Bonchev–Trinajstić information content (AvgIpc) is 3.31. The molecule has 230 valence electrons. The summed E-state index contributed by atoms with van der Waals surface area (Å²) in [7, 11) is 0. The van der Waals surface area contributed by atoms with E-state index in [1.165, 1.54) is 0 Å². The fourth-order valence-electron chi connectivity index (χ4n) is 5.05. The lowest BCUT2D eigenvalue weighted by Crippen LogP contribution is -2.58. The number of carbonyl (C=O) groups is 2. The summed E-state index contributed by atoms with van der Waals surface area (Å²) in [5.74, 6) is 0. The van der Waals surface area contributed by atoms with Gasteiger partial charge >= 0.3 is 6.09 Å². The van der Waals surface area contributed by atoms with Crippen LogP contribution in [0.15, 0.2) is 91.0 Å². The van der Waals surface area contributed by atoms with Crippen LogP contribution in [0.4, 0.5) is 4.79 Å². The van der Waals surface area contributed by atoms with Crippen LogP contribution in [0.5, 0.6) is 0 Å². The summed E-state index contributed by atoms with van der Waals surface area (Å²) >= 11 is 0. The summed E-state index contributed by atoms with van der Waals surface area (Å²) in [6.45, 7) is 9.86. The van der Waals surface area contributed by atoms with Gasteiger partial charge in [-0.1, -0.05) is 91.0 Å². The van der Waals surface area contributed by atoms with Gasteiger partial charge in [0.2, 0.25) is 0 Å². The van der Waals surface area contributed by atoms with E-state index in [1.54, 1.807) is 4.90 Å². The molecule has 1 amide bonds. The zero-order valence-corrected chi connectivity index (χ0v) is 25.7. The van der Waals surface area contributed by atoms with Crippen molar-refractivity contribution in [2.75, 3.05) is 6.61 Å². The Bertz CT molecular complexity index is 1280. The van der Waals surface area contributed by atoms with Gasteiger partial charge in [-0.25, -0.2) is 4.79 Å². The summed E-state index contributed by atoms with van der Waals surface area (Å²) < 4.78 is 31.3. The molecular formula is C35H43NO7. The summed E-state index contributed by atoms with van der Waals surface area (Å²) in [6.07, 6.45) is -2.51. The molecule has 4 rings (SSSR count). The minimum absolute atomic E-state index is 0.154. The maximum atomic E-state index is 13.6. The van der Waals surface area contributed by atoms with Gasteiger partial charge in [0.15, 0.2) is 6.29 Å². The van der Waals surface area contributed by atoms with Crippen molar-refractivity contribution in [3.05, 3.63) is 108 Å². The van der Waals surface area contributed by atoms with Gasteiger partial charge in [0, 0.05) is 0 Å². The molecule has 43 heavy (non-hydrogen) atoms. The van der Waals surface area contributed by atoms with E-state index < -0.39 is 41.8 Å². The number of amides is 1. The zero-order valence-electron chi connectivity index (χ0n) is 25.7. The molecule has 0 spiro atoms. The second-order valence-corrected chi connectivity index (χ2v) is 12.1. The van der Waals surface area contributed by atoms with Crippen LogP contribution in [-0.4, -0.2) is 59.6 Å². The van der Waals surface area contributed by atoms with Crippen LogP contribution in [-0.2, 0) is 48.3 Å². The molecule has 1 heterocycles. The minimum atomic E-state index is -1.01. The number of nitrogens with zero attached hydrogens (tertiary/aromatic N) is 1. The van der Waals surface area contributed by atoms with Crippen LogP contribution in [0.3, 0.4) is 0 Å². The summed E-state index contributed by atoms with van der Waals surface area (Å²) in [4.78, 5) is 27.9. The Balaban J connectivity index is 1.71. The van der Waals surface area contributed by atoms with E-state index in [9.17, 15) is 9.59 Å². The number of carbonyl (C=O) groups excluding carboxylic acids is 2. The maximum Gasteiger partial charge on any atom is 0.412 e. The molecule has 1 aliphatic heterocycles. The molecule has 1 aliphatic rings. The molecule has 4 atom stereocenters. The molecule has 8 nitrogen and oxygen atoms in total. The van der Waals surface area contributed by atoms with E-state index in [2.05, 4.69) is 0 Å². The topological polar surface area (TPSA) is 83.5 Å². The van der Waals surface area contributed by atoms with Crippen molar-refractivity contribution in [3.8, 4) is 0 Å². The SMILES string of the molecule is CC(C)(C)OC(=O)N1[C@H]([C@H](OCc2ccccc2)[C@H](OCc2ccccc2)[C@@H](C=O)OCc2ccccc2)COC1(C)C. The highest BCUT2D eigenvalue weighted by atomic mass is 16.6. The van der Waals surface area contributed by atoms with Gasteiger partial charge in [0.05, 0.1) is 32.5 Å². The monoisotopic (exact) mass is 589 g/mol. The number of hydrogen-bond acceptors (Lipinski definition) is 7. The van der Waals surface area contributed by atoms with Gasteiger partial charge in [-0.05, 0) is 51.3 Å². The van der Waals surface area contributed by atoms with Crippen LogP contribution < -0.4 is 0 Å². The normalized spacial score (nSPS) is 18.5. The lowest BCUT2D eigenvalue weighted by Gasteiger charge is -2.40. The fraction of sp³-hybridized carbons (Fsp3) is 0.429. The average molecular weight is 590 g/mol. The van der Waals surface area contributed by atoms with Crippen molar-refractivity contribution < 1.29 is 33.3 Å². The third-order valence-corrected chi connectivity index (χ3v) is 7.13. The van der Waals surface area contributed by atoms with Crippen molar-refractivity contribution >= 4 is 12.4 Å². The fourth-order valence-corrected chi connectivity index (χ4v) is 5.05. The van der Waals surface area contributed by atoms with Gasteiger partial charge < -0.3 is 28.5 Å². The zero-order chi connectivity index (χ0) is 30.9. The van der Waals surface area contributed by atoms with Crippen LogP contribution in [0, 0.1) is 0 Å². The first-order valence-corrected chi connectivity index (χ1v) is 14.7. The molecule has 8 heteroatoms. The third kappa shape index (κ3) is 9.21. The smallest absolute Gasteiger partial charge is 0.412 e. The lowest BCUT2D eigenvalue weighted by atomic mass is 9.99. The van der Waals surface area contributed by atoms with Gasteiger partial charge in [0.25, 0.3) is 0 Å². The third-order valence-electron chi connectivity index (χ3n) is 7.13. The van der Waals surface area contributed by atoms with Crippen molar-refractivity contribution in [3.63, 3.8) is 0 Å². The predicted octanol–water partition coefficient (Wildman–Crippen LogP) is 6.31. The Labute approximate surface area is 254 Å². The minimum Gasteiger partial charge on any atom is -0.444 e. The predicted molar refractivity (Wildman–Crippen MR) is 163 cm³/mol. The first-order valence-electron chi connectivity index (χ1n) is 14.7. The molecular weight excluding hydrogens is 546 g/mol. The maximum absolute atomic E-state index is 13.6. The molecule has 3 aromatic carbocycles. The van der Waals surface area contributed by atoms with Crippen LogP contribution in [0.2, 0.25) is 0 Å². The molecule has 0 N–H and O–H groups in total. The molecule has 0 bridgehead atoms. The molecule has 0 aromatic heterocycles. The van der Waals surface area contributed by atoms with Crippen LogP contribution >= 0.6 is 0 Å². The molecule has 0 radical (unpaired) electrons. The highest BCUT2D eigenvalue weighted by Gasteiger charge is 2.52. The van der Waals surface area contributed by atoms with Crippen molar-refractivity contribution in [1.82, 2.24) is 4.90 Å². The first-order chi connectivity index (χ1) is 20.6. The summed E-state index contributed by atoms with van der Waals surface area (Å²) in [5.41, 5.74) is 1.05. The van der Waals surface area contributed by atoms with E-state index >= 15 is 0 Å². The number of aldehydes is 1. The molecule has 1 saturated heterocycles. The van der Waals surface area contributed by atoms with E-state index in [4.69, 9.17) is 23.7 Å². The van der Waals surface area contributed by atoms with E-state index in [1.807, 2.05) is 126 Å². The number of ether oxygens (including phenoxy) is 5. The molecule has 1 fully saturated rings. The second-order valence-electron chi connectivity index (χ2n) is 12.1. The Morgan fingerprint density at radius 3 is 1.77 bits per heavy atom. The van der Waals surface area contributed by atoms with Gasteiger partial charge in [-0.2, -0.15) is 0 Å². The lowest BCUT2D eigenvalue weighted by molar-refractivity contribution is -0.169. The summed E-state index contributed by atoms with van der Waals surface area (Å²) in [5, 5.41) is 0. The van der Waals surface area contributed by atoms with Crippen LogP contribution in [0.25, 0.3) is 0 Å². The Morgan fingerprint density at radius 1 is 0.837 bits per heavy atom. The largest absolute Gasteiger partial charge is 0.444 e. The van der Waals surface area contributed by atoms with Crippen molar-refractivity contribution in [2.24, 2.45) is 0 Å². The van der Waals surface area contributed by atoms with Gasteiger partial charge in [0.1, 0.15) is 29.6 Å². The molecule has 3 aromatic rings. The number of benzene rings is 3. The Kier molecular flexibility index (Phi) is 11.1. The standard InChI is InChI=1S/C35H43NO7/c1-34(2,3)43-33(38)36-29(25-42-35(36,4)5)31(40-23-27-17-11-7-12-18-27)32(41-24-28-19-13-8-14-20-28)30(21-37)39-22-26-15-9-6-10-16-26/h6-21,29-32H,22-25H2,1-5H3/t29-,30+,31-,32+/m0/s1. The molecule has 0 unspecified atom stereocenters. The molecule has 0 aliphatic carbocycles. The van der Waals surface area contributed by atoms with Gasteiger partial charge in [-0.15, -0.1) is 0 Å². The molecule has 0 saturated carbocycles. The van der Waals surface area contributed by atoms with Crippen molar-refractivity contribution in [1.29, 1.82) is 0 Å². The Hall–Kier alpha value is -3.56. The second kappa shape index (κ2) is 14.8. The van der Waals surface area contributed by atoms with E-state index in [-0.39, 0.29) is 26.4 Å². The van der Waals surface area contributed by atoms with Crippen molar-refractivity contribution in [2.45, 2.75) is 90.1 Å². The first kappa shape index (κ1) is 32.4. The highest BCUT2D eigenvalue weighted by Crippen LogP contribution is 2.34.